The summed E-state index contributed by atoms with van der Waals surface area (Å²) in [7, 11) is 3.56. The molecule has 0 aliphatic carbocycles. The van der Waals surface area contributed by atoms with Crippen LogP contribution in [0.1, 0.15) is 5.56 Å². The normalized spacial score (nSPS) is 10.8. The molecule has 0 radical (unpaired) electrons. The van der Waals surface area contributed by atoms with Crippen LogP contribution in [0.4, 0.5) is 5.82 Å². The highest BCUT2D eigenvalue weighted by molar-refractivity contribution is 5.97. The number of hydrogen-bond acceptors (Lipinski definition) is 5. The van der Waals surface area contributed by atoms with Crippen LogP contribution >= 0.6 is 0 Å². The molecule has 134 valence electrons. The van der Waals surface area contributed by atoms with Crippen LogP contribution in [0.25, 0.3) is 33.4 Å². The van der Waals surface area contributed by atoms with Gasteiger partial charge in [-0.2, -0.15) is 0 Å². The third-order valence-electron chi connectivity index (χ3n) is 4.68. The summed E-state index contributed by atoms with van der Waals surface area (Å²) in [6.07, 6.45) is 3.52. The van der Waals surface area contributed by atoms with Crippen LogP contribution in [0, 0.1) is 6.92 Å². The molecule has 2 aromatic heterocycles. The van der Waals surface area contributed by atoms with Crippen molar-refractivity contribution in [2.24, 2.45) is 0 Å². The molecule has 4 rings (SSSR count). The molecule has 0 bridgehead atoms. The first-order valence-corrected chi connectivity index (χ1v) is 8.75. The monoisotopic (exact) mass is 356 g/mol. The zero-order chi connectivity index (χ0) is 18.8. The lowest BCUT2D eigenvalue weighted by Gasteiger charge is -2.14. The molecule has 0 unspecified atom stereocenters. The molecule has 0 saturated carbocycles. The molecule has 27 heavy (non-hydrogen) atoms. The van der Waals surface area contributed by atoms with Crippen molar-refractivity contribution in [1.82, 2.24) is 15.0 Å². The zero-order valence-corrected chi connectivity index (χ0v) is 15.5. The van der Waals surface area contributed by atoms with E-state index in [9.17, 15) is 0 Å². The second-order valence-electron chi connectivity index (χ2n) is 6.25. The maximum Gasteiger partial charge on any atom is 0.163 e. The van der Waals surface area contributed by atoms with Gasteiger partial charge in [0.2, 0.25) is 0 Å². The Balaban J connectivity index is 1.89. The van der Waals surface area contributed by atoms with Gasteiger partial charge in [0.15, 0.2) is 5.82 Å². The number of ether oxygens (including phenoxy) is 1. The summed E-state index contributed by atoms with van der Waals surface area (Å²) < 4.78 is 5.26. The second-order valence-corrected chi connectivity index (χ2v) is 6.25. The summed E-state index contributed by atoms with van der Waals surface area (Å²) in [5.41, 5.74) is 5.23. The summed E-state index contributed by atoms with van der Waals surface area (Å²) in [6.45, 7) is 2.11. The van der Waals surface area contributed by atoms with Gasteiger partial charge < -0.3 is 10.1 Å². The maximum atomic E-state index is 5.26. The first-order valence-electron chi connectivity index (χ1n) is 8.75. The van der Waals surface area contributed by atoms with Gasteiger partial charge in [0.25, 0.3) is 0 Å². The molecule has 4 aromatic rings. The van der Waals surface area contributed by atoms with Gasteiger partial charge in [-0.05, 0) is 53.9 Å². The fraction of sp³-hybridized carbons (Fsp3) is 0.136. The Labute approximate surface area is 158 Å². The van der Waals surface area contributed by atoms with E-state index in [4.69, 9.17) is 14.7 Å². The van der Waals surface area contributed by atoms with Crippen molar-refractivity contribution in [3.63, 3.8) is 0 Å². The quantitative estimate of drug-likeness (QED) is 0.573. The average molecular weight is 356 g/mol. The molecule has 2 aromatic carbocycles. The van der Waals surface area contributed by atoms with E-state index in [1.807, 2.05) is 37.4 Å². The van der Waals surface area contributed by atoms with E-state index in [0.717, 1.165) is 44.7 Å². The highest BCUT2D eigenvalue weighted by Crippen LogP contribution is 2.34. The van der Waals surface area contributed by atoms with Crippen molar-refractivity contribution in [1.29, 1.82) is 0 Å². The second kappa shape index (κ2) is 7.03. The van der Waals surface area contributed by atoms with Crippen LogP contribution < -0.4 is 10.1 Å². The van der Waals surface area contributed by atoms with Crippen molar-refractivity contribution in [2.45, 2.75) is 6.92 Å². The summed E-state index contributed by atoms with van der Waals surface area (Å²) in [5.74, 6) is 2.32. The molecule has 0 amide bonds. The Morgan fingerprint density at radius 3 is 2.41 bits per heavy atom. The fourth-order valence-electron chi connectivity index (χ4n) is 3.28. The predicted molar refractivity (Wildman–Crippen MR) is 109 cm³/mol. The number of fused-ring (bicyclic) bond motifs is 1. The summed E-state index contributed by atoms with van der Waals surface area (Å²) in [4.78, 5) is 13.7. The summed E-state index contributed by atoms with van der Waals surface area (Å²) in [6, 6.07) is 16.1. The van der Waals surface area contributed by atoms with Crippen LogP contribution in [0.2, 0.25) is 0 Å². The van der Waals surface area contributed by atoms with Crippen LogP contribution in [0.5, 0.6) is 5.75 Å². The van der Waals surface area contributed by atoms with Crippen LogP contribution in [0.3, 0.4) is 0 Å². The number of hydrogen-bond donors (Lipinski definition) is 1. The third kappa shape index (κ3) is 3.08. The molecule has 0 aliphatic heterocycles. The lowest BCUT2D eigenvalue weighted by atomic mass is 9.97. The molecule has 2 heterocycles. The van der Waals surface area contributed by atoms with E-state index in [1.165, 1.54) is 0 Å². The molecule has 0 atom stereocenters. The molecular weight excluding hydrogens is 336 g/mol. The van der Waals surface area contributed by atoms with Gasteiger partial charge in [0, 0.05) is 30.4 Å². The van der Waals surface area contributed by atoms with Gasteiger partial charge in [0.05, 0.1) is 12.6 Å². The number of nitrogens with one attached hydrogen (secondary N) is 1. The minimum atomic E-state index is 0.663. The molecule has 5 nitrogen and oxygen atoms in total. The predicted octanol–water partition coefficient (Wildman–Crippen LogP) is 4.72. The van der Waals surface area contributed by atoms with Crippen molar-refractivity contribution in [2.75, 3.05) is 19.5 Å². The smallest absolute Gasteiger partial charge is 0.163 e. The minimum Gasteiger partial charge on any atom is -0.497 e. The number of pyridine rings is 1. The van der Waals surface area contributed by atoms with Gasteiger partial charge in [-0.3, -0.25) is 4.98 Å². The Morgan fingerprint density at radius 1 is 0.926 bits per heavy atom. The van der Waals surface area contributed by atoms with Gasteiger partial charge in [-0.25, -0.2) is 9.97 Å². The Morgan fingerprint density at radius 2 is 1.74 bits per heavy atom. The number of aryl methyl sites for hydroxylation is 1. The Bertz CT molecular complexity index is 1090. The number of anilines is 1. The van der Waals surface area contributed by atoms with Gasteiger partial charge in [-0.1, -0.05) is 18.2 Å². The van der Waals surface area contributed by atoms with Gasteiger partial charge >= 0.3 is 0 Å². The minimum absolute atomic E-state index is 0.663. The topological polar surface area (TPSA) is 59.9 Å². The van der Waals surface area contributed by atoms with Crippen LogP contribution in [-0.2, 0) is 0 Å². The number of rotatable bonds is 4. The highest BCUT2D eigenvalue weighted by atomic mass is 16.5. The van der Waals surface area contributed by atoms with Crippen molar-refractivity contribution >= 4 is 16.7 Å². The fourth-order valence-corrected chi connectivity index (χ4v) is 3.28. The first-order chi connectivity index (χ1) is 13.2. The van der Waals surface area contributed by atoms with Crippen LogP contribution in [-0.4, -0.2) is 29.1 Å². The number of nitrogens with zero attached hydrogens (tertiary/aromatic N) is 3. The number of aromatic nitrogens is 3. The molecule has 0 spiro atoms. The van der Waals surface area contributed by atoms with E-state index >= 15 is 0 Å². The summed E-state index contributed by atoms with van der Waals surface area (Å²) >= 11 is 0. The molecule has 5 heteroatoms. The molecule has 0 fully saturated rings. The summed E-state index contributed by atoms with van der Waals surface area (Å²) in [5, 5.41) is 4.25. The van der Waals surface area contributed by atoms with Crippen LogP contribution in [0.15, 0.2) is 60.9 Å². The van der Waals surface area contributed by atoms with E-state index < -0.39 is 0 Å². The zero-order valence-electron chi connectivity index (χ0n) is 15.5. The largest absolute Gasteiger partial charge is 0.497 e. The average Bonchev–Trinajstić information content (AvgIpc) is 2.74. The number of methoxy groups -OCH3 is 1. The number of benzene rings is 2. The standard InChI is InChI=1S/C22H20N4O/c1-14-18(15-6-8-17(27-3)9-7-15)10-11-19-20(14)22(23-2)26-21(25-19)16-5-4-12-24-13-16/h4-13H,1-3H3,(H,23,25,26). The highest BCUT2D eigenvalue weighted by Gasteiger charge is 2.14. The Kier molecular flexibility index (Phi) is 4.42. The van der Waals surface area contributed by atoms with E-state index in [2.05, 4.69) is 35.4 Å². The maximum absolute atomic E-state index is 5.26. The van der Waals surface area contributed by atoms with Crippen molar-refractivity contribution in [3.05, 3.63) is 66.5 Å². The third-order valence-corrected chi connectivity index (χ3v) is 4.68. The van der Waals surface area contributed by atoms with Crippen molar-refractivity contribution < 1.29 is 4.74 Å². The van der Waals surface area contributed by atoms with E-state index in [-0.39, 0.29) is 0 Å². The molecule has 1 N–H and O–H groups in total. The van der Waals surface area contributed by atoms with Gasteiger partial charge in [0.1, 0.15) is 11.6 Å². The lowest BCUT2D eigenvalue weighted by Crippen LogP contribution is -2.01. The lowest BCUT2D eigenvalue weighted by molar-refractivity contribution is 0.415. The first kappa shape index (κ1) is 17.0. The van der Waals surface area contributed by atoms with E-state index in [0.29, 0.717) is 5.82 Å². The molecular formula is C22H20N4O. The van der Waals surface area contributed by atoms with E-state index in [1.54, 1.807) is 19.5 Å². The van der Waals surface area contributed by atoms with Gasteiger partial charge in [-0.15, -0.1) is 0 Å². The molecule has 0 saturated heterocycles. The molecule has 0 aliphatic rings. The van der Waals surface area contributed by atoms with Crippen molar-refractivity contribution in [3.8, 4) is 28.3 Å². The Hall–Kier alpha value is -3.47. The SMILES string of the molecule is CNc1nc(-c2cccnc2)nc2ccc(-c3ccc(OC)cc3)c(C)c12.